The third-order valence-corrected chi connectivity index (χ3v) is 7.76. The molecule has 2 aromatic heterocycles. The first-order chi connectivity index (χ1) is 18.0. The number of carboxylic acid groups (broad SMARTS) is 1. The zero-order chi connectivity index (χ0) is 27.7. The number of nitrogens with one attached hydrogen (secondary N) is 1. The van der Waals surface area contributed by atoms with Gasteiger partial charge in [0.05, 0.1) is 12.3 Å². The predicted molar refractivity (Wildman–Crippen MR) is 132 cm³/mol. The topological polar surface area (TPSA) is 191 Å². The van der Waals surface area contributed by atoms with Crippen molar-refractivity contribution in [1.29, 1.82) is 0 Å². The average molecular weight is 553 g/mol. The molecule has 6 N–H and O–H groups in total. The number of carboxylic acids is 1. The van der Waals surface area contributed by atoms with Crippen LogP contribution in [0.2, 0.25) is 0 Å². The summed E-state index contributed by atoms with van der Waals surface area (Å²) in [6.07, 6.45) is -3.54. The molecular formula is C23H29FN5O8P. The summed E-state index contributed by atoms with van der Waals surface area (Å²) in [5.74, 6) is -1.60. The van der Waals surface area contributed by atoms with Crippen molar-refractivity contribution in [3.05, 3.63) is 54.5 Å². The van der Waals surface area contributed by atoms with Crippen molar-refractivity contribution < 1.29 is 42.9 Å². The summed E-state index contributed by atoms with van der Waals surface area (Å²) in [5, 5.41) is 37.7. The Morgan fingerprint density at radius 3 is 2.63 bits per heavy atom. The normalized spacial score (nSPS) is 25.9. The number of aromatic nitrogens is 3. The van der Waals surface area contributed by atoms with Gasteiger partial charge in [0.25, 0.3) is 0 Å². The quantitative estimate of drug-likeness (QED) is 0.216. The molecule has 0 aliphatic carbocycles. The molecule has 1 unspecified atom stereocenters. The van der Waals surface area contributed by atoms with Crippen LogP contribution >= 0.6 is 7.75 Å². The molecule has 0 radical (unpaired) electrons. The van der Waals surface area contributed by atoms with Gasteiger partial charge in [-0.15, -0.1) is 0 Å². The van der Waals surface area contributed by atoms with E-state index in [-0.39, 0.29) is 17.3 Å². The summed E-state index contributed by atoms with van der Waals surface area (Å²) in [6, 6.07) is 9.58. The van der Waals surface area contributed by atoms with E-state index in [0.717, 1.165) is 0 Å². The van der Waals surface area contributed by atoms with Gasteiger partial charge in [-0.1, -0.05) is 32.0 Å². The monoisotopic (exact) mass is 553 g/mol. The highest BCUT2D eigenvalue weighted by Crippen LogP contribution is 2.49. The Bertz CT molecular complexity index is 1330. The van der Waals surface area contributed by atoms with E-state index in [0.29, 0.717) is 5.52 Å². The molecule has 1 saturated heterocycles. The molecule has 1 fully saturated rings. The molecule has 38 heavy (non-hydrogen) atoms. The Labute approximate surface area is 216 Å². The SMILES string of the molecule is CC(C)[C@H](NP(=O)(OC[C@@]1(CF)O[C@@H](c2ccc3c(N)ncnn23)[C@H](O)[C@@H]1O)Oc1ccccc1)C(=O)O. The van der Waals surface area contributed by atoms with Crippen molar-refractivity contribution in [2.45, 2.75) is 43.8 Å². The minimum Gasteiger partial charge on any atom is -0.480 e. The van der Waals surface area contributed by atoms with Gasteiger partial charge in [0.2, 0.25) is 0 Å². The number of benzene rings is 1. The van der Waals surface area contributed by atoms with Gasteiger partial charge in [0, 0.05) is 0 Å². The Morgan fingerprint density at radius 1 is 1.29 bits per heavy atom. The van der Waals surface area contributed by atoms with Crippen LogP contribution in [-0.4, -0.2) is 73.0 Å². The lowest BCUT2D eigenvalue weighted by Gasteiger charge is -2.31. The highest BCUT2D eigenvalue weighted by atomic mass is 31.2. The lowest BCUT2D eigenvalue weighted by atomic mass is 9.96. The fourth-order valence-corrected chi connectivity index (χ4v) is 5.84. The number of nitrogen functional groups attached to an aromatic ring is 1. The van der Waals surface area contributed by atoms with Gasteiger partial charge in [-0.05, 0) is 30.2 Å². The fraction of sp³-hybridized carbons (Fsp3) is 0.435. The second-order valence-electron chi connectivity index (χ2n) is 9.24. The minimum absolute atomic E-state index is 0.0910. The predicted octanol–water partition coefficient (Wildman–Crippen LogP) is 1.72. The van der Waals surface area contributed by atoms with E-state index in [1.165, 1.54) is 29.0 Å². The standard InChI is InChI=1S/C23H29FN5O8P/c1-13(2)17(22(32)33)28-38(34,37-14-6-4-3-5-7-14)35-11-23(10-24)20(31)18(30)19(36-23)15-8-9-16-21(25)26-12-27-29(15)16/h3-9,12-13,17-20,30-31H,10-11H2,1-2H3,(H,28,34)(H,32,33)(H2,25,26,27)/t17-,18-,19-,20-,23+,38?/m0/s1. The van der Waals surface area contributed by atoms with Gasteiger partial charge in [-0.25, -0.2) is 18.5 Å². The molecule has 1 aliphatic rings. The molecule has 206 valence electrons. The van der Waals surface area contributed by atoms with Crippen molar-refractivity contribution in [3.8, 4) is 5.75 Å². The van der Waals surface area contributed by atoms with Gasteiger partial charge in [0.15, 0.2) is 5.82 Å². The number of nitrogens with two attached hydrogens (primary N) is 1. The first kappa shape index (κ1) is 27.9. The number of rotatable bonds is 11. The number of anilines is 1. The van der Waals surface area contributed by atoms with Crippen molar-refractivity contribution in [1.82, 2.24) is 19.7 Å². The van der Waals surface area contributed by atoms with Crippen LogP contribution in [0.5, 0.6) is 5.75 Å². The third kappa shape index (κ3) is 5.37. The van der Waals surface area contributed by atoms with E-state index in [2.05, 4.69) is 15.2 Å². The molecule has 1 aliphatic heterocycles. The zero-order valence-corrected chi connectivity index (χ0v) is 21.4. The van der Waals surface area contributed by atoms with E-state index in [1.54, 1.807) is 38.1 Å². The van der Waals surface area contributed by atoms with E-state index in [1.807, 2.05) is 0 Å². The maximum absolute atomic E-state index is 14.5. The number of aliphatic hydroxyl groups excluding tert-OH is 2. The van der Waals surface area contributed by atoms with E-state index >= 15 is 0 Å². The smallest absolute Gasteiger partial charge is 0.459 e. The zero-order valence-electron chi connectivity index (χ0n) is 20.5. The first-order valence-electron chi connectivity index (χ1n) is 11.7. The second kappa shape index (κ2) is 10.9. The molecule has 13 nitrogen and oxygen atoms in total. The highest BCUT2D eigenvalue weighted by Gasteiger charge is 2.57. The number of nitrogens with zero attached hydrogens (tertiary/aromatic N) is 3. The van der Waals surface area contributed by atoms with E-state index < -0.39 is 62.9 Å². The van der Waals surface area contributed by atoms with Crippen LogP contribution in [0, 0.1) is 5.92 Å². The van der Waals surface area contributed by atoms with Crippen molar-refractivity contribution >= 4 is 25.1 Å². The highest BCUT2D eigenvalue weighted by molar-refractivity contribution is 7.52. The summed E-state index contributed by atoms with van der Waals surface area (Å²) < 4.78 is 46.4. The second-order valence-corrected chi connectivity index (χ2v) is 10.9. The molecule has 6 atom stereocenters. The van der Waals surface area contributed by atoms with Crippen LogP contribution in [0.15, 0.2) is 48.8 Å². The van der Waals surface area contributed by atoms with Crippen LogP contribution in [-0.2, 0) is 18.6 Å². The van der Waals surface area contributed by atoms with Crippen LogP contribution in [0.3, 0.4) is 0 Å². The van der Waals surface area contributed by atoms with Crippen LogP contribution in [0.4, 0.5) is 10.2 Å². The molecule has 0 amide bonds. The molecule has 4 rings (SSSR count). The fourth-order valence-electron chi connectivity index (χ4n) is 4.13. The number of aliphatic hydroxyl groups is 2. The number of hydrogen-bond donors (Lipinski definition) is 5. The summed E-state index contributed by atoms with van der Waals surface area (Å²) in [6.45, 7) is 0.968. The maximum atomic E-state index is 14.5. The number of carbonyl (C=O) groups is 1. The summed E-state index contributed by atoms with van der Waals surface area (Å²) in [7, 11) is -4.50. The molecule has 0 spiro atoms. The molecule has 15 heteroatoms. The largest absolute Gasteiger partial charge is 0.480 e. The number of para-hydroxylation sites is 1. The van der Waals surface area contributed by atoms with Crippen molar-refractivity contribution in [2.24, 2.45) is 5.92 Å². The van der Waals surface area contributed by atoms with Gasteiger partial charge in [-0.3, -0.25) is 9.32 Å². The lowest BCUT2D eigenvalue weighted by Crippen LogP contribution is -2.49. The summed E-state index contributed by atoms with van der Waals surface area (Å²) in [4.78, 5) is 15.7. The van der Waals surface area contributed by atoms with Gasteiger partial charge >= 0.3 is 13.7 Å². The molecule has 1 aromatic carbocycles. The molecule has 0 bridgehead atoms. The number of alkyl halides is 1. The number of ether oxygens (including phenoxy) is 1. The third-order valence-electron chi connectivity index (χ3n) is 6.24. The Balaban J connectivity index is 1.62. The molecular weight excluding hydrogens is 524 g/mol. The van der Waals surface area contributed by atoms with Crippen LogP contribution < -0.4 is 15.3 Å². The first-order valence-corrected chi connectivity index (χ1v) is 13.2. The molecule has 3 heterocycles. The number of hydrogen-bond acceptors (Lipinski definition) is 10. The Kier molecular flexibility index (Phi) is 8.02. The van der Waals surface area contributed by atoms with Crippen LogP contribution in [0.25, 0.3) is 5.52 Å². The number of fused-ring (bicyclic) bond motifs is 1. The van der Waals surface area contributed by atoms with Gasteiger partial charge in [0.1, 0.15) is 54.2 Å². The van der Waals surface area contributed by atoms with Crippen LogP contribution in [0.1, 0.15) is 25.6 Å². The Morgan fingerprint density at radius 2 is 2.00 bits per heavy atom. The van der Waals surface area contributed by atoms with Crippen molar-refractivity contribution in [2.75, 3.05) is 19.0 Å². The Hall–Kier alpha value is -3.13. The molecule has 0 saturated carbocycles. The van der Waals surface area contributed by atoms with Gasteiger partial charge < -0.3 is 30.3 Å². The van der Waals surface area contributed by atoms with E-state index in [4.69, 9.17) is 19.5 Å². The van der Waals surface area contributed by atoms with Gasteiger partial charge in [-0.2, -0.15) is 10.2 Å². The summed E-state index contributed by atoms with van der Waals surface area (Å²) in [5.41, 5.74) is 4.33. The molecule has 3 aromatic rings. The number of halogens is 1. The minimum atomic E-state index is -4.50. The van der Waals surface area contributed by atoms with Crippen molar-refractivity contribution in [3.63, 3.8) is 0 Å². The lowest BCUT2D eigenvalue weighted by molar-refractivity contribution is -0.140. The summed E-state index contributed by atoms with van der Waals surface area (Å²) >= 11 is 0. The number of aliphatic carboxylic acids is 1. The van der Waals surface area contributed by atoms with E-state index in [9.17, 15) is 29.1 Å². The maximum Gasteiger partial charge on any atom is 0.459 e. The average Bonchev–Trinajstić information content (AvgIpc) is 3.42.